The van der Waals surface area contributed by atoms with Crippen LogP contribution in [-0.2, 0) is 13.1 Å². The Morgan fingerprint density at radius 1 is 0.941 bits per heavy atom. The Balaban J connectivity index is 1.17. The second-order valence-electron chi connectivity index (χ2n) is 8.12. The third-order valence-corrected chi connectivity index (χ3v) is 5.61. The van der Waals surface area contributed by atoms with Crippen LogP contribution in [0.1, 0.15) is 21.7 Å². The smallest absolute Gasteiger partial charge is 0.293 e. The molecule has 1 aliphatic rings. The zero-order valence-electron chi connectivity index (χ0n) is 18.5. The van der Waals surface area contributed by atoms with Crippen molar-refractivity contribution >= 4 is 39.9 Å². The Labute approximate surface area is 202 Å². The number of carbonyl (C=O) groups excluding carboxylic acids is 1. The first-order valence-corrected chi connectivity index (χ1v) is 11.2. The number of carbonyl (C=O) groups is 1. The summed E-state index contributed by atoms with van der Waals surface area (Å²) in [5, 5.41) is 6.82. The van der Waals surface area contributed by atoms with Crippen molar-refractivity contribution in [2.24, 2.45) is 0 Å². The Kier molecular flexibility index (Phi) is 6.16. The number of para-hydroxylation sites is 1. The van der Waals surface area contributed by atoms with Crippen LogP contribution in [0.4, 0.5) is 5.69 Å². The van der Waals surface area contributed by atoms with Crippen LogP contribution in [0.2, 0.25) is 0 Å². The van der Waals surface area contributed by atoms with Gasteiger partial charge in [0, 0.05) is 24.2 Å². The normalized spacial score (nSPS) is 12.2. The number of benzene rings is 3. The summed E-state index contributed by atoms with van der Waals surface area (Å²) in [6.07, 6.45) is 0. The summed E-state index contributed by atoms with van der Waals surface area (Å²) in [6, 6.07) is 23.1. The van der Waals surface area contributed by atoms with E-state index in [9.17, 15) is 4.79 Å². The first-order chi connectivity index (χ1) is 16.5. The predicted octanol–water partition coefficient (Wildman–Crippen LogP) is 4.92. The number of rotatable bonds is 6. The topological polar surface area (TPSA) is 76.0 Å². The lowest BCUT2D eigenvalue weighted by Crippen LogP contribution is -2.33. The molecule has 1 aromatic heterocycles. The van der Waals surface area contributed by atoms with E-state index in [4.69, 9.17) is 26.1 Å². The molecule has 0 radical (unpaired) electrons. The van der Waals surface area contributed by atoms with Crippen molar-refractivity contribution in [2.45, 2.75) is 13.1 Å². The maximum atomic E-state index is 12.5. The van der Waals surface area contributed by atoms with Gasteiger partial charge >= 0.3 is 0 Å². The highest BCUT2D eigenvalue weighted by Crippen LogP contribution is 2.32. The molecule has 0 saturated carbocycles. The third kappa shape index (κ3) is 5.03. The summed E-state index contributed by atoms with van der Waals surface area (Å²) in [4.78, 5) is 14.7. The molecule has 172 valence electrons. The van der Waals surface area contributed by atoms with Gasteiger partial charge in [0.2, 0.25) is 6.79 Å². The molecule has 8 heteroatoms. The SMILES string of the molecule is CN(Cc1cccc(NC(=S)NC(=O)c2cc3ccccc3o2)c1)Cc1ccc2c(c1)OCO2. The average Bonchev–Trinajstić information content (AvgIpc) is 3.45. The molecule has 0 fully saturated rings. The Morgan fingerprint density at radius 2 is 1.74 bits per heavy atom. The summed E-state index contributed by atoms with van der Waals surface area (Å²) in [5.74, 6) is 1.39. The van der Waals surface area contributed by atoms with E-state index in [-0.39, 0.29) is 17.7 Å². The van der Waals surface area contributed by atoms with Gasteiger partial charge in [-0.05, 0) is 66.8 Å². The van der Waals surface area contributed by atoms with Gasteiger partial charge in [-0.2, -0.15) is 0 Å². The van der Waals surface area contributed by atoms with Crippen molar-refractivity contribution in [3.8, 4) is 11.5 Å². The van der Waals surface area contributed by atoms with Crippen molar-refractivity contribution in [3.63, 3.8) is 0 Å². The largest absolute Gasteiger partial charge is 0.454 e. The highest BCUT2D eigenvalue weighted by atomic mass is 32.1. The maximum absolute atomic E-state index is 12.5. The molecule has 4 aromatic rings. The number of thiocarbonyl (C=S) groups is 1. The van der Waals surface area contributed by atoms with Crippen LogP contribution in [0.5, 0.6) is 11.5 Å². The Morgan fingerprint density at radius 3 is 2.59 bits per heavy atom. The molecule has 1 aliphatic heterocycles. The second-order valence-corrected chi connectivity index (χ2v) is 8.53. The highest BCUT2D eigenvalue weighted by Gasteiger charge is 2.15. The predicted molar refractivity (Wildman–Crippen MR) is 134 cm³/mol. The van der Waals surface area contributed by atoms with Crippen molar-refractivity contribution in [2.75, 3.05) is 19.2 Å². The first kappa shape index (κ1) is 21.9. The number of furan rings is 1. The zero-order chi connectivity index (χ0) is 23.5. The van der Waals surface area contributed by atoms with E-state index in [1.165, 1.54) is 0 Å². The molecule has 0 unspecified atom stereocenters. The summed E-state index contributed by atoms with van der Waals surface area (Å²) in [6.45, 7) is 1.78. The molecular formula is C26H23N3O4S. The average molecular weight is 474 g/mol. The minimum absolute atomic E-state index is 0.205. The summed E-state index contributed by atoms with van der Waals surface area (Å²) < 4.78 is 16.4. The highest BCUT2D eigenvalue weighted by molar-refractivity contribution is 7.80. The van der Waals surface area contributed by atoms with E-state index in [1.54, 1.807) is 6.07 Å². The van der Waals surface area contributed by atoms with Crippen LogP contribution in [0.3, 0.4) is 0 Å². The summed E-state index contributed by atoms with van der Waals surface area (Å²) >= 11 is 5.33. The van der Waals surface area contributed by atoms with Crippen LogP contribution >= 0.6 is 12.2 Å². The van der Waals surface area contributed by atoms with E-state index in [1.807, 2.05) is 60.7 Å². The molecule has 34 heavy (non-hydrogen) atoms. The van der Waals surface area contributed by atoms with E-state index in [2.05, 4.69) is 28.6 Å². The third-order valence-electron chi connectivity index (χ3n) is 5.40. The first-order valence-electron chi connectivity index (χ1n) is 10.8. The van der Waals surface area contributed by atoms with E-state index < -0.39 is 5.91 Å². The van der Waals surface area contributed by atoms with Crippen molar-refractivity contribution in [1.82, 2.24) is 10.2 Å². The van der Waals surface area contributed by atoms with Gasteiger partial charge < -0.3 is 19.2 Å². The number of ether oxygens (including phenoxy) is 2. The molecule has 0 aliphatic carbocycles. The lowest BCUT2D eigenvalue weighted by Gasteiger charge is -2.18. The molecule has 0 bridgehead atoms. The fraction of sp³-hybridized carbons (Fsp3) is 0.154. The van der Waals surface area contributed by atoms with Crippen molar-refractivity contribution in [1.29, 1.82) is 0 Å². The van der Waals surface area contributed by atoms with Crippen molar-refractivity contribution in [3.05, 3.63) is 89.7 Å². The number of nitrogens with zero attached hydrogens (tertiary/aromatic N) is 1. The van der Waals surface area contributed by atoms with Gasteiger partial charge in [-0.15, -0.1) is 0 Å². The number of anilines is 1. The molecule has 2 N–H and O–H groups in total. The summed E-state index contributed by atoms with van der Waals surface area (Å²) in [5.41, 5.74) is 3.71. The monoisotopic (exact) mass is 473 g/mol. The van der Waals surface area contributed by atoms with Gasteiger partial charge in [-0.25, -0.2) is 0 Å². The fourth-order valence-electron chi connectivity index (χ4n) is 3.89. The molecule has 3 aromatic carbocycles. The van der Waals surface area contributed by atoms with Crippen molar-refractivity contribution < 1.29 is 18.7 Å². The standard InChI is InChI=1S/C26H23N3O4S/c1-29(15-18-9-10-22-23(12-18)32-16-31-22)14-17-5-4-7-20(11-17)27-26(34)28-25(30)24-13-19-6-2-3-8-21(19)33-24/h2-13H,14-16H2,1H3,(H2,27,28,30,34). The molecule has 1 amide bonds. The lowest BCUT2D eigenvalue weighted by atomic mass is 10.1. The maximum Gasteiger partial charge on any atom is 0.293 e. The van der Waals surface area contributed by atoms with Crippen LogP contribution in [0.15, 0.2) is 77.2 Å². The van der Waals surface area contributed by atoms with Gasteiger partial charge in [0.25, 0.3) is 5.91 Å². The van der Waals surface area contributed by atoms with Crippen LogP contribution in [-0.4, -0.2) is 29.8 Å². The summed E-state index contributed by atoms with van der Waals surface area (Å²) in [7, 11) is 2.06. The quantitative estimate of drug-likeness (QED) is 0.385. The molecular weight excluding hydrogens is 450 g/mol. The second kappa shape index (κ2) is 9.54. The van der Waals surface area contributed by atoms with Crippen LogP contribution in [0, 0.1) is 0 Å². The number of hydrogen-bond donors (Lipinski definition) is 2. The van der Waals surface area contributed by atoms with E-state index >= 15 is 0 Å². The van der Waals surface area contributed by atoms with Gasteiger partial charge in [0.15, 0.2) is 22.4 Å². The number of nitrogens with one attached hydrogen (secondary N) is 2. The van der Waals surface area contributed by atoms with Gasteiger partial charge in [0.05, 0.1) is 0 Å². The molecule has 0 saturated heterocycles. The minimum Gasteiger partial charge on any atom is -0.454 e. The van der Waals surface area contributed by atoms with Gasteiger partial charge in [0.1, 0.15) is 5.58 Å². The van der Waals surface area contributed by atoms with E-state index in [0.717, 1.165) is 46.8 Å². The Hall–Kier alpha value is -3.88. The fourth-order valence-corrected chi connectivity index (χ4v) is 4.10. The molecule has 0 spiro atoms. The van der Waals surface area contributed by atoms with Gasteiger partial charge in [-0.1, -0.05) is 36.4 Å². The molecule has 7 nitrogen and oxygen atoms in total. The number of hydrogen-bond acceptors (Lipinski definition) is 6. The minimum atomic E-state index is -0.395. The lowest BCUT2D eigenvalue weighted by molar-refractivity contribution is 0.0953. The molecule has 5 rings (SSSR count). The number of fused-ring (bicyclic) bond motifs is 2. The van der Waals surface area contributed by atoms with Crippen LogP contribution < -0.4 is 20.1 Å². The Bertz CT molecular complexity index is 1330. The molecule has 0 atom stereocenters. The van der Waals surface area contributed by atoms with Crippen LogP contribution in [0.25, 0.3) is 11.0 Å². The van der Waals surface area contributed by atoms with E-state index in [0.29, 0.717) is 5.58 Å². The zero-order valence-corrected chi connectivity index (χ0v) is 19.4. The molecule has 2 heterocycles. The van der Waals surface area contributed by atoms with Gasteiger partial charge in [-0.3, -0.25) is 15.0 Å². The number of amides is 1.